The predicted molar refractivity (Wildman–Crippen MR) is 79.5 cm³/mol. The zero-order valence-electron chi connectivity index (χ0n) is 11.7. The summed E-state index contributed by atoms with van der Waals surface area (Å²) in [5.74, 6) is 0. The number of hydrogen-bond donors (Lipinski definition) is 1. The monoisotopic (exact) mass is 277 g/mol. The third kappa shape index (κ3) is 3.17. The highest BCUT2D eigenvalue weighted by molar-refractivity contribution is 6.31. The van der Waals surface area contributed by atoms with Crippen molar-refractivity contribution in [1.29, 1.82) is 0 Å². The second-order valence-corrected chi connectivity index (χ2v) is 5.12. The summed E-state index contributed by atoms with van der Waals surface area (Å²) in [6.45, 7) is 5.13. The Morgan fingerprint density at radius 1 is 1.37 bits per heavy atom. The number of rotatable bonds is 5. The van der Waals surface area contributed by atoms with E-state index in [4.69, 9.17) is 11.6 Å². The summed E-state index contributed by atoms with van der Waals surface area (Å²) in [4.78, 5) is 0. The van der Waals surface area contributed by atoms with E-state index in [-0.39, 0.29) is 6.04 Å². The van der Waals surface area contributed by atoms with E-state index in [1.165, 1.54) is 16.8 Å². The molecule has 3 nitrogen and oxygen atoms in total. The Kier molecular flexibility index (Phi) is 4.61. The molecule has 0 bridgehead atoms. The molecular formula is C15H20ClN3. The first-order chi connectivity index (χ1) is 9.13. The lowest BCUT2D eigenvalue weighted by Gasteiger charge is -2.18. The van der Waals surface area contributed by atoms with E-state index < -0.39 is 0 Å². The Bertz CT molecular complexity index is 548. The number of hydrogen-bond acceptors (Lipinski definition) is 2. The third-order valence-electron chi connectivity index (χ3n) is 3.48. The van der Waals surface area contributed by atoms with Crippen molar-refractivity contribution in [3.63, 3.8) is 0 Å². The van der Waals surface area contributed by atoms with Gasteiger partial charge in [-0.3, -0.25) is 4.68 Å². The van der Waals surface area contributed by atoms with Crippen LogP contribution in [0, 0.1) is 6.92 Å². The van der Waals surface area contributed by atoms with E-state index >= 15 is 0 Å². The number of halogens is 1. The van der Waals surface area contributed by atoms with Crippen LogP contribution in [0.15, 0.2) is 30.5 Å². The molecule has 1 N–H and O–H groups in total. The zero-order valence-corrected chi connectivity index (χ0v) is 12.4. The maximum Gasteiger partial charge on any atom is 0.0540 e. The normalized spacial score (nSPS) is 12.6. The molecule has 0 spiro atoms. The lowest BCUT2D eigenvalue weighted by molar-refractivity contribution is 0.546. The Balaban J connectivity index is 2.26. The molecule has 0 saturated carbocycles. The van der Waals surface area contributed by atoms with Crippen molar-refractivity contribution in [1.82, 2.24) is 15.1 Å². The first kappa shape index (κ1) is 14.1. The molecule has 1 atom stereocenters. The molecule has 0 aliphatic heterocycles. The largest absolute Gasteiger partial charge is 0.310 e. The summed E-state index contributed by atoms with van der Waals surface area (Å²) in [7, 11) is 1.97. The van der Waals surface area contributed by atoms with Crippen LogP contribution in [-0.4, -0.2) is 16.3 Å². The van der Waals surface area contributed by atoms with Crippen molar-refractivity contribution in [2.24, 2.45) is 7.05 Å². The molecule has 1 unspecified atom stereocenters. The summed E-state index contributed by atoms with van der Waals surface area (Å²) in [6.07, 6.45) is 2.82. The predicted octanol–water partition coefficient (Wildman–Crippen LogP) is 3.28. The van der Waals surface area contributed by atoms with Crippen LogP contribution in [0.25, 0.3) is 0 Å². The third-order valence-corrected chi connectivity index (χ3v) is 3.85. The molecule has 0 radical (unpaired) electrons. The van der Waals surface area contributed by atoms with Gasteiger partial charge in [-0.1, -0.05) is 36.7 Å². The van der Waals surface area contributed by atoms with Crippen molar-refractivity contribution < 1.29 is 0 Å². The van der Waals surface area contributed by atoms with E-state index in [9.17, 15) is 0 Å². The summed E-state index contributed by atoms with van der Waals surface area (Å²) in [5.41, 5.74) is 3.60. The van der Waals surface area contributed by atoms with Gasteiger partial charge in [0.2, 0.25) is 0 Å². The van der Waals surface area contributed by atoms with Crippen LogP contribution in [0.3, 0.4) is 0 Å². The summed E-state index contributed by atoms with van der Waals surface area (Å²) in [6, 6.07) is 8.26. The summed E-state index contributed by atoms with van der Waals surface area (Å²) >= 11 is 6.25. The zero-order chi connectivity index (χ0) is 13.8. The molecule has 19 heavy (non-hydrogen) atoms. The van der Waals surface area contributed by atoms with Gasteiger partial charge in [0.1, 0.15) is 0 Å². The van der Waals surface area contributed by atoms with E-state index in [0.717, 1.165) is 18.0 Å². The Hall–Kier alpha value is -1.32. The van der Waals surface area contributed by atoms with Gasteiger partial charge in [-0.05, 0) is 31.5 Å². The first-order valence-electron chi connectivity index (χ1n) is 6.58. The van der Waals surface area contributed by atoms with Gasteiger partial charge in [0.05, 0.1) is 6.20 Å². The Morgan fingerprint density at radius 3 is 2.68 bits per heavy atom. The van der Waals surface area contributed by atoms with E-state index in [1.807, 2.05) is 36.1 Å². The fourth-order valence-corrected chi connectivity index (χ4v) is 2.49. The molecule has 2 aromatic rings. The Morgan fingerprint density at radius 2 is 2.11 bits per heavy atom. The average Bonchev–Trinajstić information content (AvgIpc) is 2.72. The molecule has 1 aromatic heterocycles. The topological polar surface area (TPSA) is 29.9 Å². The molecule has 0 aliphatic carbocycles. The average molecular weight is 278 g/mol. The SMILES string of the molecule is CCNC(Cc1ccccc1Cl)c1cnn(C)c1C. The number of benzene rings is 1. The Labute approximate surface area is 119 Å². The number of aryl methyl sites for hydroxylation is 1. The highest BCUT2D eigenvalue weighted by atomic mass is 35.5. The van der Waals surface area contributed by atoms with Crippen LogP contribution >= 0.6 is 11.6 Å². The molecule has 0 aliphatic rings. The quantitative estimate of drug-likeness (QED) is 0.909. The minimum absolute atomic E-state index is 0.249. The van der Waals surface area contributed by atoms with Crippen LogP contribution < -0.4 is 5.32 Å². The van der Waals surface area contributed by atoms with Crippen molar-refractivity contribution >= 4 is 11.6 Å². The molecule has 0 fully saturated rings. The lowest BCUT2D eigenvalue weighted by Crippen LogP contribution is -2.23. The van der Waals surface area contributed by atoms with Crippen molar-refractivity contribution in [3.8, 4) is 0 Å². The lowest BCUT2D eigenvalue weighted by atomic mass is 9.99. The van der Waals surface area contributed by atoms with Crippen LogP contribution in [0.1, 0.15) is 29.8 Å². The van der Waals surface area contributed by atoms with Gasteiger partial charge in [0.25, 0.3) is 0 Å². The maximum atomic E-state index is 6.25. The van der Waals surface area contributed by atoms with Crippen LogP contribution in [0.5, 0.6) is 0 Å². The maximum absolute atomic E-state index is 6.25. The van der Waals surface area contributed by atoms with Gasteiger partial charge in [0.15, 0.2) is 0 Å². The fourth-order valence-electron chi connectivity index (χ4n) is 2.28. The number of aromatic nitrogens is 2. The number of nitrogens with one attached hydrogen (secondary N) is 1. The minimum atomic E-state index is 0.249. The van der Waals surface area contributed by atoms with E-state index in [2.05, 4.69) is 30.3 Å². The van der Waals surface area contributed by atoms with Crippen LogP contribution in [0.2, 0.25) is 5.02 Å². The van der Waals surface area contributed by atoms with Crippen LogP contribution in [-0.2, 0) is 13.5 Å². The first-order valence-corrected chi connectivity index (χ1v) is 6.96. The summed E-state index contributed by atoms with van der Waals surface area (Å²) in [5, 5.41) is 8.67. The molecule has 0 saturated heterocycles. The van der Waals surface area contributed by atoms with Gasteiger partial charge in [-0.15, -0.1) is 0 Å². The van der Waals surface area contributed by atoms with Crippen molar-refractivity contribution in [3.05, 3.63) is 52.3 Å². The standard InChI is InChI=1S/C15H20ClN3/c1-4-17-15(13-10-18-19(3)11(13)2)9-12-7-5-6-8-14(12)16/h5-8,10,15,17H,4,9H2,1-3H3. The number of likely N-dealkylation sites (N-methyl/N-ethyl adjacent to an activating group) is 1. The smallest absolute Gasteiger partial charge is 0.0540 e. The molecule has 1 aromatic carbocycles. The molecule has 102 valence electrons. The van der Waals surface area contributed by atoms with Crippen LogP contribution in [0.4, 0.5) is 0 Å². The van der Waals surface area contributed by atoms with Crippen molar-refractivity contribution in [2.75, 3.05) is 6.54 Å². The van der Waals surface area contributed by atoms with Gasteiger partial charge in [0, 0.05) is 29.4 Å². The minimum Gasteiger partial charge on any atom is -0.310 e. The summed E-state index contributed by atoms with van der Waals surface area (Å²) < 4.78 is 1.91. The molecule has 4 heteroatoms. The molecule has 0 amide bonds. The van der Waals surface area contributed by atoms with Crippen molar-refractivity contribution in [2.45, 2.75) is 26.3 Å². The van der Waals surface area contributed by atoms with E-state index in [1.54, 1.807) is 0 Å². The second kappa shape index (κ2) is 6.22. The highest BCUT2D eigenvalue weighted by Crippen LogP contribution is 2.25. The van der Waals surface area contributed by atoms with Gasteiger partial charge in [-0.25, -0.2) is 0 Å². The number of nitrogens with zero attached hydrogens (tertiary/aromatic N) is 2. The van der Waals surface area contributed by atoms with Gasteiger partial charge < -0.3 is 5.32 Å². The van der Waals surface area contributed by atoms with Gasteiger partial charge in [-0.2, -0.15) is 5.10 Å². The fraction of sp³-hybridized carbons (Fsp3) is 0.400. The van der Waals surface area contributed by atoms with Gasteiger partial charge >= 0.3 is 0 Å². The molecule has 2 rings (SSSR count). The van der Waals surface area contributed by atoms with E-state index in [0.29, 0.717) is 0 Å². The molecular weight excluding hydrogens is 258 g/mol. The molecule has 1 heterocycles. The second-order valence-electron chi connectivity index (χ2n) is 4.71. The highest BCUT2D eigenvalue weighted by Gasteiger charge is 2.17.